The summed E-state index contributed by atoms with van der Waals surface area (Å²) >= 11 is 0. The average molecular weight is 361 g/mol. The van der Waals surface area contributed by atoms with Crippen molar-refractivity contribution in [2.45, 2.75) is 85.5 Å². The summed E-state index contributed by atoms with van der Waals surface area (Å²) in [6, 6.07) is 0. The molecule has 4 nitrogen and oxygen atoms in total. The largest absolute Gasteiger partial charge is 0.550 e. The molecule has 0 bridgehead atoms. The molecule has 0 aliphatic carbocycles. The highest BCUT2D eigenvalue weighted by atomic mass is 31.2. The Kier molecular flexibility index (Phi) is 18.4. The Morgan fingerprint density at radius 3 is 1.00 bits per heavy atom. The quantitative estimate of drug-likeness (QED) is 0.352. The zero-order valence-electron chi connectivity index (χ0n) is 16.3. The van der Waals surface area contributed by atoms with Gasteiger partial charge in [0.05, 0.1) is 24.6 Å². The van der Waals surface area contributed by atoms with Crippen LogP contribution in [0.15, 0.2) is 0 Å². The van der Waals surface area contributed by atoms with Crippen molar-refractivity contribution in [3.63, 3.8) is 0 Å². The summed E-state index contributed by atoms with van der Waals surface area (Å²) in [5, 5.41) is 18.6. The van der Waals surface area contributed by atoms with Gasteiger partial charge in [0, 0.05) is 25.6 Å². The Morgan fingerprint density at radius 1 is 0.625 bits per heavy atom. The van der Waals surface area contributed by atoms with Gasteiger partial charge in [-0.3, -0.25) is 0 Å². The molecule has 0 aromatic rings. The molecule has 0 saturated carbocycles. The van der Waals surface area contributed by atoms with Gasteiger partial charge in [-0.15, -0.1) is 0 Å². The Balaban J connectivity index is 0. The van der Waals surface area contributed by atoms with E-state index < -0.39 is 25.6 Å². The molecule has 0 aliphatic rings. The lowest BCUT2D eigenvalue weighted by Crippen LogP contribution is -2.32. The second-order valence-electron chi connectivity index (χ2n) is 6.57. The zero-order chi connectivity index (χ0) is 18.8. The van der Waals surface area contributed by atoms with Gasteiger partial charge in [-0.25, -0.2) is 0 Å². The van der Waals surface area contributed by atoms with Crippen LogP contribution >= 0.6 is 7.26 Å². The van der Waals surface area contributed by atoms with Crippen LogP contribution in [0.25, 0.3) is 0 Å². The third-order valence-corrected chi connectivity index (χ3v) is 9.29. The minimum absolute atomic E-state index is 0.562. The summed E-state index contributed by atoms with van der Waals surface area (Å²) in [6.07, 6.45) is 16.9. The van der Waals surface area contributed by atoms with Gasteiger partial charge in [-0.1, -0.05) is 53.4 Å². The zero-order valence-corrected chi connectivity index (χ0v) is 17.2. The van der Waals surface area contributed by atoms with Gasteiger partial charge in [-0.05, 0) is 25.7 Å². The summed E-state index contributed by atoms with van der Waals surface area (Å²) < 4.78 is 0. The van der Waals surface area contributed by atoms with Crippen molar-refractivity contribution in [3.8, 4) is 0 Å². The van der Waals surface area contributed by atoms with Crippen LogP contribution in [0.2, 0.25) is 0 Å². The van der Waals surface area contributed by atoms with Crippen molar-refractivity contribution < 1.29 is 19.8 Å². The van der Waals surface area contributed by atoms with Gasteiger partial charge < -0.3 is 19.8 Å². The maximum atomic E-state index is 9.28. The fraction of sp³-hybridized carbons (Fsp3) is 0.895. The molecule has 0 N–H and O–H groups in total. The molecule has 0 saturated heterocycles. The number of carboxylic acid groups (broad SMARTS) is 2. The second-order valence-corrected chi connectivity index (χ2v) is 11.0. The van der Waals surface area contributed by atoms with Gasteiger partial charge in [0.15, 0.2) is 0 Å². The maximum absolute atomic E-state index is 9.28. The normalized spacial score (nSPS) is 10.8. The molecule has 0 fully saturated rings. The first-order valence-electron chi connectivity index (χ1n) is 9.62. The van der Waals surface area contributed by atoms with Crippen molar-refractivity contribution >= 4 is 19.2 Å². The summed E-state index contributed by atoms with van der Waals surface area (Å²) in [4.78, 5) is 18.6. The van der Waals surface area contributed by atoms with E-state index in [-0.39, 0.29) is 0 Å². The van der Waals surface area contributed by atoms with Gasteiger partial charge in [0.1, 0.15) is 0 Å². The third kappa shape index (κ3) is 16.2. The fourth-order valence-corrected chi connectivity index (χ4v) is 8.05. The Morgan fingerprint density at radius 2 is 0.875 bits per heavy atom. The van der Waals surface area contributed by atoms with Crippen molar-refractivity contribution in [3.05, 3.63) is 0 Å². The van der Waals surface area contributed by atoms with Gasteiger partial charge in [-0.2, -0.15) is 0 Å². The molecule has 0 spiro atoms. The monoisotopic (exact) mass is 361 g/mol. The molecular formula is C19H38O4P-. The number of carboxylic acids is 2. The molecule has 0 rings (SSSR count). The summed E-state index contributed by atoms with van der Waals surface area (Å²) in [6.45, 7) is 9.42. The van der Waals surface area contributed by atoms with E-state index >= 15 is 0 Å². The van der Waals surface area contributed by atoms with Gasteiger partial charge in [0.2, 0.25) is 0 Å². The molecule has 0 aliphatic heterocycles. The first-order valence-corrected chi connectivity index (χ1v) is 12.1. The number of rotatable bonds is 14. The van der Waals surface area contributed by atoms with Gasteiger partial charge >= 0.3 is 0 Å². The maximum Gasteiger partial charge on any atom is 0.0594 e. The van der Waals surface area contributed by atoms with E-state index in [9.17, 15) is 19.8 Å². The number of carbonyl (C=O) groups is 2. The summed E-state index contributed by atoms with van der Waals surface area (Å²) in [7, 11) is -0.562. The van der Waals surface area contributed by atoms with E-state index in [1.807, 2.05) is 0 Å². The summed E-state index contributed by atoms with van der Waals surface area (Å²) in [5.74, 6) is -3.25. The van der Waals surface area contributed by atoms with E-state index in [2.05, 4.69) is 27.7 Å². The molecule has 0 aromatic heterocycles. The third-order valence-electron chi connectivity index (χ3n) is 4.23. The molecular weight excluding hydrogens is 323 g/mol. The van der Waals surface area contributed by atoms with Crippen molar-refractivity contribution in [1.29, 1.82) is 0 Å². The second kappa shape index (κ2) is 17.2. The highest BCUT2D eigenvalue weighted by molar-refractivity contribution is 7.75. The van der Waals surface area contributed by atoms with Crippen LogP contribution in [0.1, 0.15) is 85.5 Å². The molecule has 0 unspecified atom stereocenters. The van der Waals surface area contributed by atoms with Crippen molar-refractivity contribution in [2.24, 2.45) is 0 Å². The first kappa shape index (κ1) is 25.6. The smallest absolute Gasteiger partial charge is 0.0594 e. The predicted octanol–water partition coefficient (Wildman–Crippen LogP) is 3.08. The fourth-order valence-electron chi connectivity index (χ4n) is 2.76. The van der Waals surface area contributed by atoms with E-state index in [0.717, 1.165) is 0 Å². The minimum atomic E-state index is -1.63. The Hall–Kier alpha value is -0.630. The number of carbonyl (C=O) groups excluding carboxylic acids is 2. The Bertz CT molecular complexity index is 269. The average Bonchev–Trinajstić information content (AvgIpc) is 2.53. The van der Waals surface area contributed by atoms with E-state index in [1.165, 1.54) is 51.4 Å². The van der Waals surface area contributed by atoms with Crippen LogP contribution in [0.5, 0.6) is 0 Å². The van der Waals surface area contributed by atoms with E-state index in [4.69, 9.17) is 0 Å². The molecule has 0 heterocycles. The molecule has 0 radical (unpaired) electrons. The summed E-state index contributed by atoms with van der Waals surface area (Å²) in [5.41, 5.74) is 0. The van der Waals surface area contributed by atoms with Crippen molar-refractivity contribution in [1.82, 2.24) is 0 Å². The number of hydrogen-bond donors (Lipinski definition) is 0. The van der Waals surface area contributed by atoms with E-state index in [0.29, 0.717) is 0 Å². The van der Waals surface area contributed by atoms with Crippen LogP contribution in [0.4, 0.5) is 0 Å². The van der Waals surface area contributed by atoms with Crippen LogP contribution in [0.3, 0.4) is 0 Å². The lowest BCUT2D eigenvalue weighted by atomic mass is 10.4. The van der Waals surface area contributed by atoms with Crippen molar-refractivity contribution in [2.75, 3.05) is 24.6 Å². The number of unbranched alkanes of at least 4 members (excludes halogenated alkanes) is 4. The molecule has 0 aromatic carbocycles. The Labute approximate surface area is 149 Å². The highest BCUT2D eigenvalue weighted by Crippen LogP contribution is 2.61. The van der Waals surface area contributed by atoms with E-state index in [1.54, 1.807) is 24.6 Å². The SMILES string of the molecule is CCCC[P+](CCCC)(CCCC)CCCC.O=C([O-])CC(=O)[O-]. The van der Waals surface area contributed by atoms with Crippen LogP contribution < -0.4 is 10.2 Å². The highest BCUT2D eigenvalue weighted by Gasteiger charge is 2.34. The molecule has 0 amide bonds. The molecule has 144 valence electrons. The predicted molar refractivity (Wildman–Crippen MR) is 101 cm³/mol. The van der Waals surface area contributed by atoms with Crippen LogP contribution in [-0.2, 0) is 9.59 Å². The van der Waals surface area contributed by atoms with Crippen LogP contribution in [-0.4, -0.2) is 36.6 Å². The molecule has 5 heteroatoms. The number of aliphatic carboxylic acids is 2. The number of hydrogen-bond acceptors (Lipinski definition) is 4. The lowest BCUT2D eigenvalue weighted by molar-refractivity contribution is -0.322. The lowest BCUT2D eigenvalue weighted by Gasteiger charge is -2.28. The first-order chi connectivity index (χ1) is 11.4. The standard InChI is InChI=1S/C16H36P.C3H4O4/c1-5-9-13-17(14-10-6-2,15-11-7-3)16-12-8-4;4-2(5)1-3(6)7/h5-16H2,1-4H3;1H2,(H,4,5)(H,6,7)/q+1;/p-2. The van der Waals surface area contributed by atoms with Gasteiger partial charge in [0.25, 0.3) is 0 Å². The minimum Gasteiger partial charge on any atom is -0.550 e. The van der Waals surface area contributed by atoms with Crippen LogP contribution in [0, 0.1) is 0 Å². The topological polar surface area (TPSA) is 80.3 Å². The molecule has 24 heavy (non-hydrogen) atoms. The molecule has 0 atom stereocenters.